The Labute approximate surface area is 143 Å². The van der Waals surface area contributed by atoms with Crippen LogP contribution in [0.25, 0.3) is 0 Å². The normalized spacial score (nSPS) is 15.7. The molecule has 1 atom stereocenters. The van der Waals surface area contributed by atoms with Gasteiger partial charge in [0.25, 0.3) is 0 Å². The van der Waals surface area contributed by atoms with Crippen molar-refractivity contribution in [1.29, 1.82) is 0 Å². The molecule has 0 saturated carbocycles. The number of benzene rings is 1. The van der Waals surface area contributed by atoms with Gasteiger partial charge in [-0.1, -0.05) is 30.3 Å². The van der Waals surface area contributed by atoms with Crippen LogP contribution in [0.5, 0.6) is 0 Å². The largest absolute Gasteiger partial charge is 0.378 e. The van der Waals surface area contributed by atoms with Crippen LogP contribution in [0.15, 0.2) is 30.3 Å². The van der Waals surface area contributed by atoms with E-state index in [0.717, 1.165) is 5.56 Å². The fourth-order valence-corrected chi connectivity index (χ4v) is 2.81. The summed E-state index contributed by atoms with van der Waals surface area (Å²) >= 11 is 0. The fraction of sp³-hybridized carbons (Fsp3) is 0.556. The van der Waals surface area contributed by atoms with Crippen LogP contribution in [0, 0.1) is 0 Å². The van der Waals surface area contributed by atoms with E-state index in [9.17, 15) is 9.59 Å². The highest BCUT2D eigenvalue weighted by Crippen LogP contribution is 2.09. The molecule has 24 heavy (non-hydrogen) atoms. The molecule has 1 aromatic rings. The Morgan fingerprint density at radius 1 is 1.17 bits per heavy atom. The van der Waals surface area contributed by atoms with Gasteiger partial charge in [0.1, 0.15) is 6.04 Å². The van der Waals surface area contributed by atoms with Crippen LogP contribution in [0.1, 0.15) is 19.4 Å². The number of rotatable bonds is 6. The molecule has 1 fully saturated rings. The molecule has 1 aromatic carbocycles. The smallest absolute Gasteiger partial charge is 0.318 e. The summed E-state index contributed by atoms with van der Waals surface area (Å²) in [4.78, 5) is 28.7. The minimum absolute atomic E-state index is 0.0392. The van der Waals surface area contributed by atoms with Crippen molar-refractivity contribution in [3.05, 3.63) is 35.9 Å². The van der Waals surface area contributed by atoms with Crippen molar-refractivity contribution >= 4 is 11.9 Å². The molecular formula is C18H27N3O3. The van der Waals surface area contributed by atoms with Crippen molar-refractivity contribution < 1.29 is 14.3 Å². The summed E-state index contributed by atoms with van der Waals surface area (Å²) in [5.74, 6) is -0.0392. The van der Waals surface area contributed by atoms with Crippen molar-refractivity contribution in [1.82, 2.24) is 15.1 Å². The first-order valence-corrected chi connectivity index (χ1v) is 8.61. The molecule has 0 aromatic heterocycles. The van der Waals surface area contributed by atoms with Crippen LogP contribution in [-0.4, -0.2) is 67.2 Å². The van der Waals surface area contributed by atoms with Gasteiger partial charge in [0.2, 0.25) is 5.91 Å². The van der Waals surface area contributed by atoms with Crippen LogP contribution in [0.4, 0.5) is 4.79 Å². The third kappa shape index (κ3) is 4.96. The minimum atomic E-state index is -0.557. The molecule has 2 rings (SSSR count). The highest BCUT2D eigenvalue weighted by molar-refractivity contribution is 5.87. The number of nitrogens with zero attached hydrogens (tertiary/aromatic N) is 2. The first kappa shape index (κ1) is 18.3. The van der Waals surface area contributed by atoms with Crippen molar-refractivity contribution in [2.75, 3.05) is 39.4 Å². The molecular weight excluding hydrogens is 306 g/mol. The van der Waals surface area contributed by atoms with E-state index >= 15 is 0 Å². The average molecular weight is 333 g/mol. The second-order valence-corrected chi connectivity index (χ2v) is 5.80. The van der Waals surface area contributed by atoms with Gasteiger partial charge in [-0.25, -0.2) is 4.79 Å². The summed E-state index contributed by atoms with van der Waals surface area (Å²) in [6.45, 7) is 7.34. The zero-order chi connectivity index (χ0) is 17.4. The van der Waals surface area contributed by atoms with Crippen molar-refractivity contribution in [2.45, 2.75) is 26.3 Å². The molecule has 0 spiro atoms. The average Bonchev–Trinajstić information content (AvgIpc) is 2.63. The van der Waals surface area contributed by atoms with Gasteiger partial charge in [-0.2, -0.15) is 0 Å². The SMILES string of the molecule is CCN(CC)C(=O)N[C@@H](Cc1ccccc1)C(=O)N1CCOCC1. The van der Waals surface area contributed by atoms with Crippen LogP contribution < -0.4 is 5.32 Å². The number of amides is 3. The topological polar surface area (TPSA) is 61.9 Å². The molecule has 6 heteroatoms. The first-order valence-electron chi connectivity index (χ1n) is 8.61. The number of urea groups is 1. The van der Waals surface area contributed by atoms with Crippen molar-refractivity contribution in [3.63, 3.8) is 0 Å². The van der Waals surface area contributed by atoms with E-state index in [1.54, 1.807) is 9.80 Å². The summed E-state index contributed by atoms with van der Waals surface area (Å²) in [5.41, 5.74) is 1.03. The highest BCUT2D eigenvalue weighted by atomic mass is 16.5. The van der Waals surface area contributed by atoms with Crippen molar-refractivity contribution in [2.24, 2.45) is 0 Å². The van der Waals surface area contributed by atoms with Crippen LogP contribution in [-0.2, 0) is 16.0 Å². The number of carbonyl (C=O) groups excluding carboxylic acids is 2. The van der Waals surface area contributed by atoms with Crippen molar-refractivity contribution in [3.8, 4) is 0 Å². The lowest BCUT2D eigenvalue weighted by Crippen LogP contribution is -2.55. The van der Waals surface area contributed by atoms with E-state index in [-0.39, 0.29) is 11.9 Å². The number of ether oxygens (including phenoxy) is 1. The maximum atomic E-state index is 12.9. The van der Waals surface area contributed by atoms with E-state index < -0.39 is 6.04 Å². The van der Waals surface area contributed by atoms with Crippen LogP contribution >= 0.6 is 0 Å². The fourth-order valence-electron chi connectivity index (χ4n) is 2.81. The summed E-state index contributed by atoms with van der Waals surface area (Å²) in [6.07, 6.45) is 0.490. The molecule has 1 heterocycles. The number of carbonyl (C=O) groups is 2. The molecule has 6 nitrogen and oxygen atoms in total. The Morgan fingerprint density at radius 2 is 1.79 bits per heavy atom. The highest BCUT2D eigenvalue weighted by Gasteiger charge is 2.28. The lowest BCUT2D eigenvalue weighted by molar-refractivity contribution is -0.137. The van der Waals surface area contributed by atoms with Crippen LogP contribution in [0.2, 0.25) is 0 Å². The van der Waals surface area contributed by atoms with Gasteiger partial charge in [0.15, 0.2) is 0 Å². The minimum Gasteiger partial charge on any atom is -0.378 e. The van der Waals surface area contributed by atoms with E-state index in [2.05, 4.69) is 5.32 Å². The third-order valence-corrected chi connectivity index (χ3v) is 4.25. The lowest BCUT2D eigenvalue weighted by atomic mass is 10.0. The Hall–Kier alpha value is -2.08. The number of morpholine rings is 1. The standard InChI is InChI=1S/C18H27N3O3/c1-3-20(4-2)18(23)19-16(14-15-8-6-5-7-9-15)17(22)21-10-12-24-13-11-21/h5-9,16H,3-4,10-14H2,1-2H3,(H,19,23)/t16-/m0/s1. The number of nitrogens with one attached hydrogen (secondary N) is 1. The second kappa shape index (κ2) is 9.27. The molecule has 1 aliphatic rings. The first-order chi connectivity index (χ1) is 11.7. The summed E-state index contributed by atoms with van der Waals surface area (Å²) < 4.78 is 5.31. The Morgan fingerprint density at radius 3 is 2.38 bits per heavy atom. The molecule has 1 N–H and O–H groups in total. The molecule has 0 aliphatic carbocycles. The number of hydrogen-bond acceptors (Lipinski definition) is 3. The maximum absolute atomic E-state index is 12.9. The van der Waals surface area contributed by atoms with Gasteiger partial charge in [-0.15, -0.1) is 0 Å². The molecule has 0 bridgehead atoms. The summed E-state index contributed by atoms with van der Waals surface area (Å²) in [7, 11) is 0. The van der Waals surface area contributed by atoms with Gasteiger partial charge < -0.3 is 19.9 Å². The zero-order valence-corrected chi connectivity index (χ0v) is 14.5. The van der Waals surface area contributed by atoms with Gasteiger partial charge in [0.05, 0.1) is 13.2 Å². The molecule has 0 radical (unpaired) electrons. The lowest BCUT2D eigenvalue weighted by Gasteiger charge is -2.32. The molecule has 1 saturated heterocycles. The van der Waals surface area contributed by atoms with E-state index in [4.69, 9.17) is 4.74 Å². The van der Waals surface area contributed by atoms with Gasteiger partial charge in [0, 0.05) is 32.6 Å². The predicted molar refractivity (Wildman–Crippen MR) is 92.8 cm³/mol. The van der Waals surface area contributed by atoms with Gasteiger partial charge in [-0.05, 0) is 19.4 Å². The number of hydrogen-bond donors (Lipinski definition) is 1. The van der Waals surface area contributed by atoms with E-state index in [0.29, 0.717) is 45.8 Å². The maximum Gasteiger partial charge on any atom is 0.318 e. The third-order valence-electron chi connectivity index (χ3n) is 4.25. The van der Waals surface area contributed by atoms with E-state index in [1.165, 1.54) is 0 Å². The van der Waals surface area contributed by atoms with Gasteiger partial charge in [-0.3, -0.25) is 4.79 Å². The Bertz CT molecular complexity index is 526. The van der Waals surface area contributed by atoms with E-state index in [1.807, 2.05) is 44.2 Å². The summed E-state index contributed by atoms with van der Waals surface area (Å²) in [6, 6.07) is 9.03. The quantitative estimate of drug-likeness (QED) is 0.858. The molecule has 3 amide bonds. The molecule has 132 valence electrons. The Balaban J connectivity index is 2.10. The zero-order valence-electron chi connectivity index (χ0n) is 14.5. The monoisotopic (exact) mass is 333 g/mol. The second-order valence-electron chi connectivity index (χ2n) is 5.80. The predicted octanol–water partition coefficient (Wildman–Crippen LogP) is 1.51. The summed E-state index contributed by atoms with van der Waals surface area (Å²) in [5, 5.41) is 2.92. The molecule has 0 unspecified atom stereocenters. The Kier molecular flexibility index (Phi) is 7.06. The molecule has 1 aliphatic heterocycles. The van der Waals surface area contributed by atoms with Crippen LogP contribution in [0.3, 0.4) is 0 Å². The van der Waals surface area contributed by atoms with Gasteiger partial charge >= 0.3 is 6.03 Å².